The van der Waals surface area contributed by atoms with Gasteiger partial charge in [0.15, 0.2) is 0 Å². The van der Waals surface area contributed by atoms with E-state index in [2.05, 4.69) is 17.6 Å². The molecule has 1 unspecified atom stereocenters. The van der Waals surface area contributed by atoms with Crippen molar-refractivity contribution >= 4 is 18.3 Å². The Morgan fingerprint density at radius 2 is 2.14 bits per heavy atom. The summed E-state index contributed by atoms with van der Waals surface area (Å²) in [7, 11) is 0. The minimum Gasteiger partial charge on any atom is -0.494 e. The molecule has 2 N–H and O–H groups in total. The SMILES string of the molecule is CCCCOc1ccc(C(=O)NC2CCCNC2)cc1.Cl. The molecule has 1 saturated heterocycles. The zero-order valence-corrected chi connectivity index (χ0v) is 13.4. The lowest BCUT2D eigenvalue weighted by molar-refractivity contribution is 0.0930. The average molecular weight is 313 g/mol. The molecular formula is C16H25ClN2O2. The van der Waals surface area contributed by atoms with Crippen LogP contribution < -0.4 is 15.4 Å². The van der Waals surface area contributed by atoms with Crippen LogP contribution >= 0.6 is 12.4 Å². The predicted octanol–water partition coefficient (Wildman–Crippen LogP) is 2.77. The maximum absolute atomic E-state index is 12.1. The van der Waals surface area contributed by atoms with Crippen molar-refractivity contribution in [3.8, 4) is 5.75 Å². The van der Waals surface area contributed by atoms with Gasteiger partial charge in [0, 0.05) is 18.2 Å². The van der Waals surface area contributed by atoms with Crippen LogP contribution in [0.2, 0.25) is 0 Å². The van der Waals surface area contributed by atoms with E-state index in [0.29, 0.717) is 5.56 Å². The number of amides is 1. The van der Waals surface area contributed by atoms with E-state index in [1.807, 2.05) is 24.3 Å². The molecule has 1 heterocycles. The lowest BCUT2D eigenvalue weighted by Gasteiger charge is -2.23. The Bertz CT molecular complexity index is 417. The first-order valence-corrected chi connectivity index (χ1v) is 7.54. The molecular weight excluding hydrogens is 288 g/mol. The number of carbonyl (C=O) groups is 1. The van der Waals surface area contributed by atoms with Crippen LogP contribution in [0.1, 0.15) is 43.0 Å². The molecule has 0 saturated carbocycles. The van der Waals surface area contributed by atoms with Crippen LogP contribution in [-0.4, -0.2) is 31.6 Å². The molecule has 0 bridgehead atoms. The largest absolute Gasteiger partial charge is 0.494 e. The number of halogens is 1. The van der Waals surface area contributed by atoms with Crippen molar-refractivity contribution in [2.75, 3.05) is 19.7 Å². The van der Waals surface area contributed by atoms with Gasteiger partial charge in [0.2, 0.25) is 0 Å². The monoisotopic (exact) mass is 312 g/mol. The van der Waals surface area contributed by atoms with Crippen LogP contribution in [0.3, 0.4) is 0 Å². The highest BCUT2D eigenvalue weighted by Crippen LogP contribution is 2.13. The summed E-state index contributed by atoms with van der Waals surface area (Å²) in [6.45, 7) is 4.78. The van der Waals surface area contributed by atoms with Gasteiger partial charge < -0.3 is 15.4 Å². The molecule has 21 heavy (non-hydrogen) atoms. The van der Waals surface area contributed by atoms with Gasteiger partial charge in [0.1, 0.15) is 5.75 Å². The van der Waals surface area contributed by atoms with Gasteiger partial charge in [-0.3, -0.25) is 4.79 Å². The topological polar surface area (TPSA) is 50.4 Å². The minimum atomic E-state index is -0.00110. The van der Waals surface area contributed by atoms with Crippen molar-refractivity contribution in [2.24, 2.45) is 0 Å². The molecule has 1 aromatic carbocycles. The Labute approximate surface area is 133 Å². The zero-order chi connectivity index (χ0) is 14.2. The third-order valence-electron chi connectivity index (χ3n) is 3.52. The summed E-state index contributed by atoms with van der Waals surface area (Å²) in [6.07, 6.45) is 4.35. The first-order valence-electron chi connectivity index (χ1n) is 7.54. The number of ether oxygens (including phenoxy) is 1. The van der Waals surface area contributed by atoms with Gasteiger partial charge in [0.05, 0.1) is 6.61 Å². The second-order valence-corrected chi connectivity index (χ2v) is 5.24. The number of hydrogen-bond donors (Lipinski definition) is 2. The first kappa shape index (κ1) is 17.8. The Morgan fingerprint density at radius 1 is 1.38 bits per heavy atom. The van der Waals surface area contributed by atoms with Crippen LogP contribution in [-0.2, 0) is 0 Å². The van der Waals surface area contributed by atoms with Crippen molar-refractivity contribution in [3.05, 3.63) is 29.8 Å². The fourth-order valence-corrected chi connectivity index (χ4v) is 2.28. The van der Waals surface area contributed by atoms with Crippen LogP contribution in [0.15, 0.2) is 24.3 Å². The normalized spacial score (nSPS) is 17.7. The van der Waals surface area contributed by atoms with E-state index in [4.69, 9.17) is 4.74 Å². The summed E-state index contributed by atoms with van der Waals surface area (Å²) in [6, 6.07) is 7.63. The highest BCUT2D eigenvalue weighted by molar-refractivity contribution is 5.94. The third kappa shape index (κ3) is 5.94. The summed E-state index contributed by atoms with van der Waals surface area (Å²) in [5, 5.41) is 6.36. The van der Waals surface area contributed by atoms with Gasteiger partial charge in [0.25, 0.3) is 5.91 Å². The maximum atomic E-state index is 12.1. The second kappa shape index (κ2) is 9.64. The highest BCUT2D eigenvalue weighted by Gasteiger charge is 2.16. The van der Waals surface area contributed by atoms with Crippen LogP contribution in [0.25, 0.3) is 0 Å². The molecule has 0 aromatic heterocycles. The lowest BCUT2D eigenvalue weighted by atomic mass is 10.1. The summed E-state index contributed by atoms with van der Waals surface area (Å²) < 4.78 is 5.59. The Hall–Kier alpha value is -1.26. The van der Waals surface area contributed by atoms with Crippen LogP contribution in [0, 0.1) is 0 Å². The van der Waals surface area contributed by atoms with Gasteiger partial charge in [-0.2, -0.15) is 0 Å². The van der Waals surface area contributed by atoms with Gasteiger partial charge in [-0.25, -0.2) is 0 Å². The molecule has 2 rings (SSSR count). The van der Waals surface area contributed by atoms with Gasteiger partial charge in [-0.1, -0.05) is 13.3 Å². The standard InChI is InChI=1S/C16H24N2O2.ClH/c1-2-3-11-20-15-8-6-13(7-9-15)16(19)18-14-5-4-10-17-12-14;/h6-9,14,17H,2-5,10-12H2,1H3,(H,18,19);1H. The van der Waals surface area contributed by atoms with Crippen molar-refractivity contribution < 1.29 is 9.53 Å². The van der Waals surface area contributed by atoms with E-state index in [1.54, 1.807) is 0 Å². The van der Waals surface area contributed by atoms with Gasteiger partial charge >= 0.3 is 0 Å². The van der Waals surface area contributed by atoms with Crippen molar-refractivity contribution in [1.82, 2.24) is 10.6 Å². The number of benzene rings is 1. The predicted molar refractivity (Wildman–Crippen MR) is 87.5 cm³/mol. The number of carbonyl (C=O) groups excluding carboxylic acids is 1. The number of nitrogens with one attached hydrogen (secondary N) is 2. The maximum Gasteiger partial charge on any atom is 0.251 e. The summed E-state index contributed by atoms with van der Waals surface area (Å²) >= 11 is 0. The van der Waals surface area contributed by atoms with Crippen molar-refractivity contribution in [3.63, 3.8) is 0 Å². The molecule has 118 valence electrons. The third-order valence-corrected chi connectivity index (χ3v) is 3.52. The van der Waals surface area contributed by atoms with Crippen molar-refractivity contribution in [2.45, 2.75) is 38.6 Å². The van der Waals surface area contributed by atoms with E-state index in [9.17, 15) is 4.79 Å². The van der Waals surface area contributed by atoms with Gasteiger partial charge in [-0.15, -0.1) is 12.4 Å². The minimum absolute atomic E-state index is 0. The number of rotatable bonds is 6. The zero-order valence-electron chi connectivity index (χ0n) is 12.6. The Balaban J connectivity index is 0.00000220. The quantitative estimate of drug-likeness (QED) is 0.794. The smallest absolute Gasteiger partial charge is 0.251 e. The van der Waals surface area contributed by atoms with Gasteiger partial charge in [-0.05, 0) is 50.1 Å². The molecule has 1 amide bonds. The molecule has 0 radical (unpaired) electrons. The first-order chi connectivity index (χ1) is 9.79. The van der Waals surface area contributed by atoms with Crippen LogP contribution in [0.4, 0.5) is 0 Å². The second-order valence-electron chi connectivity index (χ2n) is 5.24. The van der Waals surface area contributed by atoms with E-state index >= 15 is 0 Å². The molecule has 4 nitrogen and oxygen atoms in total. The molecule has 1 aliphatic rings. The Kier molecular flexibility index (Phi) is 8.16. The summed E-state index contributed by atoms with van der Waals surface area (Å²) in [5.41, 5.74) is 0.693. The molecule has 0 spiro atoms. The molecule has 1 aromatic rings. The van der Waals surface area contributed by atoms with E-state index < -0.39 is 0 Å². The highest BCUT2D eigenvalue weighted by atomic mass is 35.5. The van der Waals surface area contributed by atoms with Crippen LogP contribution in [0.5, 0.6) is 5.75 Å². The number of piperidine rings is 1. The molecule has 1 fully saturated rings. The fourth-order valence-electron chi connectivity index (χ4n) is 2.28. The number of hydrogen-bond acceptors (Lipinski definition) is 3. The van der Waals surface area contributed by atoms with Crippen molar-refractivity contribution in [1.29, 1.82) is 0 Å². The molecule has 5 heteroatoms. The summed E-state index contributed by atoms with van der Waals surface area (Å²) in [5.74, 6) is 0.827. The molecule has 0 aliphatic carbocycles. The van der Waals surface area contributed by atoms with E-state index in [0.717, 1.165) is 51.1 Å². The summed E-state index contributed by atoms with van der Waals surface area (Å²) in [4.78, 5) is 12.1. The average Bonchev–Trinajstić information content (AvgIpc) is 2.49. The molecule has 1 aliphatic heterocycles. The number of unbranched alkanes of at least 4 members (excludes halogenated alkanes) is 1. The van der Waals surface area contributed by atoms with E-state index in [-0.39, 0.29) is 24.4 Å². The lowest BCUT2D eigenvalue weighted by Crippen LogP contribution is -2.45. The fraction of sp³-hybridized carbons (Fsp3) is 0.562. The molecule has 1 atom stereocenters. The Morgan fingerprint density at radius 3 is 2.76 bits per heavy atom. The van der Waals surface area contributed by atoms with E-state index in [1.165, 1.54) is 0 Å².